The first-order valence-electron chi connectivity index (χ1n) is 7.47. The molecule has 1 heterocycles. The van der Waals surface area contributed by atoms with E-state index in [0.29, 0.717) is 6.04 Å². The van der Waals surface area contributed by atoms with E-state index in [4.69, 9.17) is 0 Å². The lowest BCUT2D eigenvalue weighted by atomic mass is 9.86. The Morgan fingerprint density at radius 3 is 2.37 bits per heavy atom. The number of likely N-dealkylation sites (tertiary alicyclic amines) is 1. The summed E-state index contributed by atoms with van der Waals surface area (Å²) in [5.74, 6) is 0.737. The monoisotopic (exact) mass is 253 g/mol. The van der Waals surface area contributed by atoms with Crippen LogP contribution in [-0.4, -0.2) is 24.0 Å². The van der Waals surface area contributed by atoms with E-state index in [1.807, 2.05) is 0 Å². The van der Waals surface area contributed by atoms with Crippen molar-refractivity contribution in [1.29, 1.82) is 0 Å². The molecular formula is C18H23N. The lowest BCUT2D eigenvalue weighted by Gasteiger charge is -2.35. The summed E-state index contributed by atoms with van der Waals surface area (Å²) in [6.07, 6.45) is 2.60. The van der Waals surface area contributed by atoms with Crippen molar-refractivity contribution in [3.63, 3.8) is 0 Å². The second-order valence-corrected chi connectivity index (χ2v) is 5.97. The van der Waals surface area contributed by atoms with Gasteiger partial charge in [-0.05, 0) is 62.0 Å². The van der Waals surface area contributed by atoms with E-state index in [0.717, 1.165) is 5.92 Å². The van der Waals surface area contributed by atoms with Crippen molar-refractivity contribution in [3.05, 3.63) is 48.0 Å². The van der Waals surface area contributed by atoms with Crippen LogP contribution in [0.4, 0.5) is 0 Å². The highest BCUT2D eigenvalue weighted by Crippen LogP contribution is 2.33. The molecule has 2 aromatic carbocycles. The molecule has 1 saturated heterocycles. The van der Waals surface area contributed by atoms with Crippen LogP contribution in [0.15, 0.2) is 42.5 Å². The number of rotatable bonds is 2. The molecule has 1 heteroatoms. The van der Waals surface area contributed by atoms with E-state index in [1.165, 1.54) is 36.7 Å². The summed E-state index contributed by atoms with van der Waals surface area (Å²) in [5.41, 5.74) is 1.56. The number of fused-ring (bicyclic) bond motifs is 1. The van der Waals surface area contributed by atoms with Gasteiger partial charge >= 0.3 is 0 Å². The third-order valence-electron chi connectivity index (χ3n) is 4.52. The predicted molar refractivity (Wildman–Crippen MR) is 82.6 cm³/mol. The average Bonchev–Trinajstić information content (AvgIpc) is 2.47. The summed E-state index contributed by atoms with van der Waals surface area (Å²) in [7, 11) is 0. The summed E-state index contributed by atoms with van der Waals surface area (Å²) < 4.78 is 0. The van der Waals surface area contributed by atoms with Gasteiger partial charge in [-0.3, -0.25) is 0 Å². The van der Waals surface area contributed by atoms with Crippen LogP contribution in [0.2, 0.25) is 0 Å². The summed E-state index contributed by atoms with van der Waals surface area (Å²) >= 11 is 0. The number of nitrogens with zero attached hydrogens (tertiary/aromatic N) is 1. The zero-order valence-electron chi connectivity index (χ0n) is 12.0. The van der Waals surface area contributed by atoms with Crippen LogP contribution in [0.25, 0.3) is 10.8 Å². The highest BCUT2D eigenvalue weighted by molar-refractivity contribution is 5.86. The van der Waals surface area contributed by atoms with Crippen molar-refractivity contribution >= 4 is 10.8 Å². The number of benzene rings is 2. The molecule has 1 fully saturated rings. The minimum atomic E-state index is 0.688. The van der Waals surface area contributed by atoms with Gasteiger partial charge in [-0.25, -0.2) is 0 Å². The van der Waals surface area contributed by atoms with E-state index in [9.17, 15) is 0 Å². The molecule has 1 aliphatic heterocycles. The Bertz CT molecular complexity index is 545. The van der Waals surface area contributed by atoms with Gasteiger partial charge in [0.05, 0.1) is 0 Å². The molecule has 0 amide bonds. The van der Waals surface area contributed by atoms with Crippen LogP contribution in [-0.2, 0) is 0 Å². The fraction of sp³-hybridized carbons (Fsp3) is 0.444. The molecule has 0 spiro atoms. The Morgan fingerprint density at radius 1 is 0.947 bits per heavy atom. The molecule has 0 atom stereocenters. The molecular weight excluding hydrogens is 230 g/mol. The molecule has 100 valence electrons. The van der Waals surface area contributed by atoms with Crippen LogP contribution in [0.3, 0.4) is 0 Å². The lowest BCUT2D eigenvalue weighted by molar-refractivity contribution is 0.172. The minimum absolute atomic E-state index is 0.688. The molecule has 1 aliphatic rings. The number of hydrogen-bond donors (Lipinski definition) is 0. The van der Waals surface area contributed by atoms with Crippen LogP contribution < -0.4 is 0 Å². The molecule has 0 aliphatic carbocycles. The molecule has 0 aromatic heterocycles. The number of hydrogen-bond acceptors (Lipinski definition) is 1. The van der Waals surface area contributed by atoms with Gasteiger partial charge in [0.2, 0.25) is 0 Å². The smallest absolute Gasteiger partial charge is 0.00385 e. The van der Waals surface area contributed by atoms with E-state index < -0.39 is 0 Å². The molecule has 0 unspecified atom stereocenters. The minimum Gasteiger partial charge on any atom is -0.301 e. The Labute approximate surface area is 116 Å². The highest BCUT2D eigenvalue weighted by Gasteiger charge is 2.22. The van der Waals surface area contributed by atoms with Crippen LogP contribution in [0.1, 0.15) is 38.2 Å². The zero-order valence-corrected chi connectivity index (χ0v) is 12.0. The fourth-order valence-corrected chi connectivity index (χ4v) is 3.33. The zero-order chi connectivity index (χ0) is 13.2. The summed E-state index contributed by atoms with van der Waals surface area (Å²) in [5, 5.41) is 2.83. The van der Waals surface area contributed by atoms with Crippen molar-refractivity contribution in [3.8, 4) is 0 Å². The molecule has 0 bridgehead atoms. The SMILES string of the molecule is CC(C)N1CCC(c2cccc3ccccc23)CC1. The Morgan fingerprint density at radius 2 is 1.63 bits per heavy atom. The fourth-order valence-electron chi connectivity index (χ4n) is 3.33. The first-order chi connectivity index (χ1) is 9.25. The average molecular weight is 253 g/mol. The van der Waals surface area contributed by atoms with Crippen molar-refractivity contribution in [2.24, 2.45) is 0 Å². The quantitative estimate of drug-likeness (QED) is 0.765. The van der Waals surface area contributed by atoms with E-state index in [1.54, 1.807) is 5.56 Å². The third-order valence-corrected chi connectivity index (χ3v) is 4.52. The van der Waals surface area contributed by atoms with Gasteiger partial charge in [0, 0.05) is 6.04 Å². The van der Waals surface area contributed by atoms with E-state index >= 15 is 0 Å². The van der Waals surface area contributed by atoms with Gasteiger partial charge in [0.1, 0.15) is 0 Å². The first kappa shape index (κ1) is 12.7. The maximum Gasteiger partial charge on any atom is 0.00385 e. The molecule has 2 aromatic rings. The molecule has 0 radical (unpaired) electrons. The summed E-state index contributed by atoms with van der Waals surface area (Å²) in [6.45, 7) is 7.09. The molecule has 0 saturated carbocycles. The van der Waals surface area contributed by atoms with Gasteiger partial charge in [0.15, 0.2) is 0 Å². The summed E-state index contributed by atoms with van der Waals surface area (Å²) in [4.78, 5) is 2.60. The van der Waals surface area contributed by atoms with Gasteiger partial charge < -0.3 is 4.90 Å². The highest BCUT2D eigenvalue weighted by atomic mass is 15.1. The molecule has 1 nitrogen and oxygen atoms in total. The van der Waals surface area contributed by atoms with Crippen molar-refractivity contribution in [2.45, 2.75) is 38.6 Å². The lowest BCUT2D eigenvalue weighted by Crippen LogP contribution is -2.37. The van der Waals surface area contributed by atoms with Gasteiger partial charge in [-0.15, -0.1) is 0 Å². The first-order valence-corrected chi connectivity index (χ1v) is 7.47. The molecule has 19 heavy (non-hydrogen) atoms. The maximum atomic E-state index is 2.60. The summed E-state index contributed by atoms with van der Waals surface area (Å²) in [6, 6.07) is 16.3. The topological polar surface area (TPSA) is 3.24 Å². The van der Waals surface area contributed by atoms with Crippen LogP contribution >= 0.6 is 0 Å². The largest absolute Gasteiger partial charge is 0.301 e. The van der Waals surface area contributed by atoms with Gasteiger partial charge in [0.25, 0.3) is 0 Å². The van der Waals surface area contributed by atoms with Crippen LogP contribution in [0.5, 0.6) is 0 Å². The Balaban J connectivity index is 1.86. The standard InChI is InChI=1S/C18H23N/c1-14(2)19-12-10-16(11-13-19)18-9-5-7-15-6-3-4-8-17(15)18/h3-9,14,16H,10-13H2,1-2H3. The van der Waals surface area contributed by atoms with Crippen LogP contribution in [0, 0.1) is 0 Å². The van der Waals surface area contributed by atoms with Crippen molar-refractivity contribution in [2.75, 3.05) is 13.1 Å². The molecule has 3 rings (SSSR count). The third kappa shape index (κ3) is 2.52. The second-order valence-electron chi connectivity index (χ2n) is 5.97. The Hall–Kier alpha value is -1.34. The second kappa shape index (κ2) is 5.34. The van der Waals surface area contributed by atoms with E-state index in [-0.39, 0.29) is 0 Å². The van der Waals surface area contributed by atoms with Gasteiger partial charge in [-0.2, -0.15) is 0 Å². The normalized spacial score (nSPS) is 18.3. The number of piperidine rings is 1. The van der Waals surface area contributed by atoms with Crippen molar-refractivity contribution < 1.29 is 0 Å². The maximum absolute atomic E-state index is 2.60. The predicted octanol–water partition coefficient (Wildman–Crippen LogP) is 4.43. The van der Waals surface area contributed by atoms with Gasteiger partial charge in [-0.1, -0.05) is 42.5 Å². The van der Waals surface area contributed by atoms with Crippen molar-refractivity contribution in [1.82, 2.24) is 4.90 Å². The Kier molecular flexibility index (Phi) is 3.56. The molecule has 0 N–H and O–H groups in total. The van der Waals surface area contributed by atoms with E-state index in [2.05, 4.69) is 61.2 Å².